The van der Waals surface area contributed by atoms with Crippen LogP contribution < -0.4 is 5.32 Å². The number of amides is 1. The summed E-state index contributed by atoms with van der Waals surface area (Å²) < 4.78 is 0. The molecule has 20 heavy (non-hydrogen) atoms. The summed E-state index contributed by atoms with van der Waals surface area (Å²) in [5.74, 6) is -1.59. The number of carboxylic acid groups (broad SMARTS) is 1. The van der Waals surface area contributed by atoms with Crippen LogP contribution in [0.1, 0.15) is 20.7 Å². The van der Waals surface area contributed by atoms with Crippen molar-refractivity contribution in [1.29, 1.82) is 0 Å². The molecule has 0 saturated heterocycles. The number of rotatable bonds is 3. The quantitative estimate of drug-likeness (QED) is 0.852. The largest absolute Gasteiger partial charge is 0.478 e. The van der Waals surface area contributed by atoms with Crippen molar-refractivity contribution in [2.24, 2.45) is 0 Å². The number of halogens is 2. The van der Waals surface area contributed by atoms with E-state index in [1.807, 2.05) is 0 Å². The highest BCUT2D eigenvalue weighted by Gasteiger charge is 2.13. The highest BCUT2D eigenvalue weighted by molar-refractivity contribution is 6.34. The lowest BCUT2D eigenvalue weighted by atomic mass is 10.2. The fourth-order valence-electron chi connectivity index (χ4n) is 1.52. The first-order chi connectivity index (χ1) is 9.49. The fourth-order valence-corrected chi connectivity index (χ4v) is 1.99. The van der Waals surface area contributed by atoms with Gasteiger partial charge in [-0.2, -0.15) is 0 Å². The van der Waals surface area contributed by atoms with Gasteiger partial charge in [0.25, 0.3) is 5.91 Å². The summed E-state index contributed by atoms with van der Waals surface area (Å²) in [7, 11) is 0. The Hall–Kier alpha value is -2.11. The summed E-state index contributed by atoms with van der Waals surface area (Å²) in [5, 5.41) is 11.5. The smallest absolute Gasteiger partial charge is 0.337 e. The predicted octanol–water partition coefficient (Wildman–Crippen LogP) is 3.34. The number of anilines is 1. The first-order valence-electron chi connectivity index (χ1n) is 5.44. The van der Waals surface area contributed by atoms with Crippen molar-refractivity contribution in [1.82, 2.24) is 4.98 Å². The number of carboxylic acids is 1. The van der Waals surface area contributed by atoms with Crippen LogP contribution in [0.5, 0.6) is 0 Å². The molecule has 0 radical (unpaired) electrons. The van der Waals surface area contributed by atoms with E-state index in [-0.39, 0.29) is 21.3 Å². The van der Waals surface area contributed by atoms with Crippen molar-refractivity contribution in [3.05, 3.63) is 57.8 Å². The lowest BCUT2D eigenvalue weighted by molar-refractivity contribution is 0.0697. The number of aromatic carboxylic acids is 1. The second-order valence-electron chi connectivity index (χ2n) is 3.80. The molecule has 1 aromatic carbocycles. The van der Waals surface area contributed by atoms with Gasteiger partial charge in [0.2, 0.25) is 0 Å². The highest BCUT2D eigenvalue weighted by atomic mass is 35.5. The molecule has 0 aliphatic rings. The van der Waals surface area contributed by atoms with E-state index in [0.717, 1.165) is 0 Å². The zero-order valence-electron chi connectivity index (χ0n) is 9.93. The van der Waals surface area contributed by atoms with Crippen LogP contribution in [0, 0.1) is 0 Å². The van der Waals surface area contributed by atoms with E-state index in [1.54, 1.807) is 6.07 Å². The Morgan fingerprint density at radius 2 is 1.90 bits per heavy atom. The van der Waals surface area contributed by atoms with E-state index in [9.17, 15) is 9.59 Å². The molecule has 0 unspecified atom stereocenters. The third-order valence-corrected chi connectivity index (χ3v) is 3.07. The van der Waals surface area contributed by atoms with Crippen LogP contribution in [0.15, 0.2) is 36.5 Å². The highest BCUT2D eigenvalue weighted by Crippen LogP contribution is 2.22. The first kappa shape index (κ1) is 14.3. The van der Waals surface area contributed by atoms with Crippen LogP contribution in [0.4, 0.5) is 5.69 Å². The minimum absolute atomic E-state index is 0.0348. The molecular weight excluding hydrogens is 303 g/mol. The third-order valence-electron chi connectivity index (χ3n) is 2.46. The van der Waals surface area contributed by atoms with Crippen molar-refractivity contribution < 1.29 is 14.7 Å². The normalized spacial score (nSPS) is 10.1. The number of carbonyl (C=O) groups excluding carboxylic acids is 1. The molecule has 0 bridgehead atoms. The number of nitrogens with one attached hydrogen (secondary N) is 1. The molecule has 0 atom stereocenters. The van der Waals surface area contributed by atoms with Gasteiger partial charge in [0.1, 0.15) is 5.15 Å². The predicted molar refractivity (Wildman–Crippen MR) is 75.6 cm³/mol. The van der Waals surface area contributed by atoms with Crippen LogP contribution in [0.25, 0.3) is 0 Å². The Bertz CT molecular complexity index is 689. The number of hydrogen-bond donors (Lipinski definition) is 2. The maximum atomic E-state index is 12.0. The molecule has 102 valence electrons. The van der Waals surface area contributed by atoms with E-state index < -0.39 is 11.9 Å². The summed E-state index contributed by atoms with van der Waals surface area (Å²) in [6.07, 6.45) is 1.47. The van der Waals surface area contributed by atoms with Crippen LogP contribution in [-0.2, 0) is 0 Å². The van der Waals surface area contributed by atoms with E-state index in [1.165, 1.54) is 30.5 Å². The molecule has 0 saturated carbocycles. The standard InChI is InChI=1S/C13H8Cl2N2O3/c14-10-6-7(3-4-8(10)13(19)20)17-12(18)9-2-1-5-16-11(9)15/h1-6H,(H,17,18)(H,19,20). The van der Waals surface area contributed by atoms with Crippen molar-refractivity contribution in [2.75, 3.05) is 5.32 Å². The van der Waals surface area contributed by atoms with Crippen LogP contribution in [0.3, 0.4) is 0 Å². The van der Waals surface area contributed by atoms with Gasteiger partial charge in [0.05, 0.1) is 16.1 Å². The minimum atomic E-state index is -1.14. The molecule has 5 nitrogen and oxygen atoms in total. The second-order valence-corrected chi connectivity index (χ2v) is 4.56. The maximum Gasteiger partial charge on any atom is 0.337 e. The van der Waals surface area contributed by atoms with Crippen molar-refractivity contribution in [3.8, 4) is 0 Å². The van der Waals surface area contributed by atoms with E-state index in [0.29, 0.717) is 5.69 Å². The Labute approximate surface area is 124 Å². The van der Waals surface area contributed by atoms with E-state index >= 15 is 0 Å². The molecular formula is C13H8Cl2N2O3. The number of nitrogens with zero attached hydrogens (tertiary/aromatic N) is 1. The molecule has 7 heteroatoms. The molecule has 0 aliphatic carbocycles. The van der Waals surface area contributed by atoms with Crippen molar-refractivity contribution in [2.45, 2.75) is 0 Å². The third kappa shape index (κ3) is 3.07. The van der Waals surface area contributed by atoms with Gasteiger partial charge in [0.15, 0.2) is 0 Å². The number of hydrogen-bond acceptors (Lipinski definition) is 3. The van der Waals surface area contributed by atoms with Gasteiger partial charge >= 0.3 is 5.97 Å². The van der Waals surface area contributed by atoms with E-state index in [4.69, 9.17) is 28.3 Å². The van der Waals surface area contributed by atoms with Crippen LogP contribution in [0.2, 0.25) is 10.2 Å². The average molecular weight is 311 g/mol. The van der Waals surface area contributed by atoms with Gasteiger partial charge in [0, 0.05) is 11.9 Å². The number of aromatic nitrogens is 1. The summed E-state index contributed by atoms with van der Waals surface area (Å²) in [5.41, 5.74) is 0.543. The number of pyridine rings is 1. The Balaban J connectivity index is 2.23. The summed E-state index contributed by atoms with van der Waals surface area (Å²) in [6.45, 7) is 0. The Kier molecular flexibility index (Phi) is 4.22. The maximum absolute atomic E-state index is 12.0. The van der Waals surface area contributed by atoms with Gasteiger partial charge in [-0.1, -0.05) is 23.2 Å². The van der Waals surface area contributed by atoms with Gasteiger partial charge in [-0.25, -0.2) is 9.78 Å². The summed E-state index contributed by atoms with van der Waals surface area (Å²) in [4.78, 5) is 26.6. The van der Waals surface area contributed by atoms with Crippen LogP contribution in [-0.4, -0.2) is 22.0 Å². The van der Waals surface area contributed by atoms with Crippen LogP contribution >= 0.6 is 23.2 Å². The average Bonchev–Trinajstić information content (AvgIpc) is 2.38. The summed E-state index contributed by atoms with van der Waals surface area (Å²) >= 11 is 11.6. The summed E-state index contributed by atoms with van der Waals surface area (Å²) in [6, 6.07) is 7.22. The van der Waals surface area contributed by atoms with E-state index in [2.05, 4.69) is 10.3 Å². The van der Waals surface area contributed by atoms with Gasteiger partial charge in [-0.3, -0.25) is 4.79 Å². The van der Waals surface area contributed by atoms with Gasteiger partial charge < -0.3 is 10.4 Å². The monoisotopic (exact) mass is 310 g/mol. The van der Waals surface area contributed by atoms with Crippen molar-refractivity contribution in [3.63, 3.8) is 0 Å². The molecule has 1 heterocycles. The topological polar surface area (TPSA) is 79.3 Å². The zero-order valence-corrected chi connectivity index (χ0v) is 11.4. The zero-order chi connectivity index (χ0) is 14.7. The van der Waals surface area contributed by atoms with Gasteiger partial charge in [-0.15, -0.1) is 0 Å². The molecule has 2 N–H and O–H groups in total. The number of benzene rings is 1. The molecule has 1 amide bonds. The molecule has 0 fully saturated rings. The molecule has 0 aliphatic heterocycles. The van der Waals surface area contributed by atoms with Gasteiger partial charge in [-0.05, 0) is 30.3 Å². The lowest BCUT2D eigenvalue weighted by Gasteiger charge is -2.07. The Morgan fingerprint density at radius 1 is 1.15 bits per heavy atom. The molecule has 1 aromatic heterocycles. The number of carbonyl (C=O) groups is 2. The fraction of sp³-hybridized carbons (Fsp3) is 0. The lowest BCUT2D eigenvalue weighted by Crippen LogP contribution is -2.13. The molecule has 2 rings (SSSR count). The first-order valence-corrected chi connectivity index (χ1v) is 6.19. The molecule has 0 spiro atoms. The second kappa shape index (κ2) is 5.90. The van der Waals surface area contributed by atoms with Crippen molar-refractivity contribution >= 4 is 40.8 Å². The minimum Gasteiger partial charge on any atom is -0.478 e. The molecule has 2 aromatic rings. The Morgan fingerprint density at radius 3 is 2.50 bits per heavy atom. The SMILES string of the molecule is O=C(O)c1ccc(NC(=O)c2cccnc2Cl)cc1Cl.